The standard InChI is InChI=1S/C5H10N2O4/c6-2(4(8)9)1-3(7)5(10)11/h2-3H,1,6-7H2,(H,8,9)(H,10,11)/t2-,3?/m0/s1. The number of carboxylic acid groups (broad SMARTS) is 2. The lowest BCUT2D eigenvalue weighted by molar-refractivity contribution is -0.140. The largest absolute Gasteiger partial charge is 0.480 e. The van der Waals surface area contributed by atoms with Crippen molar-refractivity contribution in [2.75, 3.05) is 0 Å². The van der Waals surface area contributed by atoms with Crippen LogP contribution < -0.4 is 11.5 Å². The number of hydrogen-bond acceptors (Lipinski definition) is 4. The SMILES string of the molecule is NC(C[C@H](N)C(=O)O)C(=O)O. The third-order valence-corrected chi connectivity index (χ3v) is 1.14. The lowest BCUT2D eigenvalue weighted by Crippen LogP contribution is -2.41. The fraction of sp³-hybridized carbons (Fsp3) is 0.600. The molecular formula is C5H10N2O4. The van der Waals surface area contributed by atoms with E-state index in [1.165, 1.54) is 0 Å². The molecule has 0 aromatic heterocycles. The molecule has 0 amide bonds. The van der Waals surface area contributed by atoms with Crippen LogP contribution in [0.15, 0.2) is 0 Å². The van der Waals surface area contributed by atoms with Crippen molar-refractivity contribution in [3.05, 3.63) is 0 Å². The van der Waals surface area contributed by atoms with Crippen molar-refractivity contribution >= 4 is 11.9 Å². The second kappa shape index (κ2) is 3.89. The summed E-state index contributed by atoms with van der Waals surface area (Å²) in [5.41, 5.74) is 10.0. The molecule has 0 heterocycles. The molecule has 0 aromatic rings. The minimum atomic E-state index is -1.25. The third-order valence-electron chi connectivity index (χ3n) is 1.14. The van der Waals surface area contributed by atoms with Crippen LogP contribution >= 0.6 is 0 Å². The molecule has 11 heavy (non-hydrogen) atoms. The van der Waals surface area contributed by atoms with E-state index in [1.54, 1.807) is 0 Å². The minimum absolute atomic E-state index is 0.259. The molecule has 1 unspecified atom stereocenters. The van der Waals surface area contributed by atoms with Gasteiger partial charge in [-0.2, -0.15) is 0 Å². The maximum absolute atomic E-state index is 10.1. The van der Waals surface area contributed by atoms with Crippen LogP contribution in [0.25, 0.3) is 0 Å². The minimum Gasteiger partial charge on any atom is -0.480 e. The van der Waals surface area contributed by atoms with Crippen molar-refractivity contribution in [1.29, 1.82) is 0 Å². The first kappa shape index (κ1) is 9.86. The van der Waals surface area contributed by atoms with Crippen molar-refractivity contribution in [3.8, 4) is 0 Å². The second-order valence-electron chi connectivity index (χ2n) is 2.13. The first-order chi connectivity index (χ1) is 4.95. The molecule has 6 heteroatoms. The Balaban J connectivity index is 3.84. The molecule has 0 spiro atoms. The van der Waals surface area contributed by atoms with Gasteiger partial charge >= 0.3 is 11.9 Å². The van der Waals surface area contributed by atoms with Crippen molar-refractivity contribution < 1.29 is 19.8 Å². The van der Waals surface area contributed by atoms with Crippen LogP contribution in [0.3, 0.4) is 0 Å². The van der Waals surface area contributed by atoms with Gasteiger partial charge < -0.3 is 21.7 Å². The van der Waals surface area contributed by atoms with E-state index in [0.717, 1.165) is 0 Å². The van der Waals surface area contributed by atoms with Gasteiger partial charge in [-0.05, 0) is 6.42 Å². The summed E-state index contributed by atoms with van der Waals surface area (Å²) in [7, 11) is 0. The summed E-state index contributed by atoms with van der Waals surface area (Å²) < 4.78 is 0. The molecule has 0 aliphatic carbocycles. The van der Waals surface area contributed by atoms with Gasteiger partial charge in [-0.15, -0.1) is 0 Å². The second-order valence-corrected chi connectivity index (χ2v) is 2.13. The lowest BCUT2D eigenvalue weighted by atomic mass is 10.1. The van der Waals surface area contributed by atoms with E-state index < -0.39 is 24.0 Å². The quantitative estimate of drug-likeness (QED) is 0.386. The van der Waals surface area contributed by atoms with Gasteiger partial charge in [0, 0.05) is 0 Å². The Morgan fingerprint density at radius 1 is 1.09 bits per heavy atom. The molecule has 6 nitrogen and oxygen atoms in total. The normalized spacial score (nSPS) is 15.5. The van der Waals surface area contributed by atoms with Gasteiger partial charge in [0.2, 0.25) is 0 Å². The molecule has 0 bridgehead atoms. The molecule has 0 saturated carbocycles. The summed E-state index contributed by atoms with van der Waals surface area (Å²) in [6.07, 6.45) is -0.259. The van der Waals surface area contributed by atoms with Crippen molar-refractivity contribution in [2.24, 2.45) is 11.5 Å². The summed E-state index contributed by atoms with van der Waals surface area (Å²) >= 11 is 0. The van der Waals surface area contributed by atoms with Gasteiger partial charge in [0.05, 0.1) is 0 Å². The highest BCUT2D eigenvalue weighted by molar-refractivity contribution is 5.77. The number of nitrogens with two attached hydrogens (primary N) is 2. The zero-order chi connectivity index (χ0) is 9.02. The topological polar surface area (TPSA) is 127 Å². The summed E-state index contributed by atoms with van der Waals surface area (Å²) in [5.74, 6) is -2.50. The van der Waals surface area contributed by atoms with E-state index in [1.807, 2.05) is 0 Å². The highest BCUT2D eigenvalue weighted by Gasteiger charge is 2.20. The molecule has 0 rings (SSSR count). The number of carbonyl (C=O) groups is 2. The van der Waals surface area contributed by atoms with Crippen LogP contribution in [0.5, 0.6) is 0 Å². The number of aliphatic carboxylic acids is 2. The average Bonchev–Trinajstić information content (AvgIpc) is 1.87. The van der Waals surface area contributed by atoms with Crippen molar-refractivity contribution in [2.45, 2.75) is 18.5 Å². The maximum atomic E-state index is 10.1. The molecule has 0 radical (unpaired) electrons. The maximum Gasteiger partial charge on any atom is 0.320 e. The van der Waals surface area contributed by atoms with Gasteiger partial charge in [0.15, 0.2) is 0 Å². The van der Waals surface area contributed by atoms with Gasteiger partial charge in [-0.3, -0.25) is 9.59 Å². The zero-order valence-corrected chi connectivity index (χ0v) is 5.73. The van der Waals surface area contributed by atoms with E-state index in [9.17, 15) is 9.59 Å². The van der Waals surface area contributed by atoms with Crippen LogP contribution in [0, 0.1) is 0 Å². The zero-order valence-electron chi connectivity index (χ0n) is 5.73. The molecule has 0 fully saturated rings. The van der Waals surface area contributed by atoms with E-state index >= 15 is 0 Å². The predicted octanol–water partition coefficient (Wildman–Crippen LogP) is -1.80. The first-order valence-electron chi connectivity index (χ1n) is 2.92. The summed E-state index contributed by atoms with van der Waals surface area (Å²) in [5, 5.41) is 16.5. The Hall–Kier alpha value is -1.14. The van der Waals surface area contributed by atoms with Crippen LogP contribution in [0.4, 0.5) is 0 Å². The first-order valence-corrected chi connectivity index (χ1v) is 2.92. The molecule has 0 aliphatic rings. The Morgan fingerprint density at radius 2 is 1.36 bits per heavy atom. The molecule has 0 saturated heterocycles. The third kappa shape index (κ3) is 3.54. The highest BCUT2D eigenvalue weighted by atomic mass is 16.4. The number of carboxylic acids is 2. The number of hydrogen-bond donors (Lipinski definition) is 4. The Bertz CT molecular complexity index is 152. The fourth-order valence-corrected chi connectivity index (χ4v) is 0.475. The molecule has 6 N–H and O–H groups in total. The van der Waals surface area contributed by atoms with Gasteiger partial charge in [-0.25, -0.2) is 0 Å². The van der Waals surface area contributed by atoms with E-state index in [-0.39, 0.29) is 6.42 Å². The molecular weight excluding hydrogens is 152 g/mol. The number of rotatable bonds is 4. The molecule has 64 valence electrons. The van der Waals surface area contributed by atoms with Gasteiger partial charge in [0.25, 0.3) is 0 Å². The van der Waals surface area contributed by atoms with Crippen LogP contribution in [-0.2, 0) is 9.59 Å². The average molecular weight is 162 g/mol. The predicted molar refractivity (Wildman–Crippen MR) is 35.8 cm³/mol. The Morgan fingerprint density at radius 3 is 1.55 bits per heavy atom. The van der Waals surface area contributed by atoms with E-state index in [2.05, 4.69) is 0 Å². The summed E-state index contributed by atoms with van der Waals surface area (Å²) in [4.78, 5) is 20.2. The van der Waals surface area contributed by atoms with Crippen LogP contribution in [0.2, 0.25) is 0 Å². The Labute approximate surface area is 62.8 Å². The van der Waals surface area contributed by atoms with Gasteiger partial charge in [-0.1, -0.05) is 0 Å². The van der Waals surface area contributed by atoms with Crippen molar-refractivity contribution in [1.82, 2.24) is 0 Å². The summed E-state index contributed by atoms with van der Waals surface area (Å²) in [6.45, 7) is 0. The lowest BCUT2D eigenvalue weighted by Gasteiger charge is -2.08. The van der Waals surface area contributed by atoms with Crippen LogP contribution in [-0.4, -0.2) is 34.2 Å². The van der Waals surface area contributed by atoms with Gasteiger partial charge in [0.1, 0.15) is 12.1 Å². The molecule has 2 atom stereocenters. The Kier molecular flexibility index (Phi) is 3.49. The smallest absolute Gasteiger partial charge is 0.320 e. The molecule has 0 aromatic carbocycles. The summed E-state index contributed by atoms with van der Waals surface area (Å²) in [6, 6.07) is -2.41. The van der Waals surface area contributed by atoms with Crippen molar-refractivity contribution in [3.63, 3.8) is 0 Å². The van der Waals surface area contributed by atoms with E-state index in [0.29, 0.717) is 0 Å². The van der Waals surface area contributed by atoms with Crippen LogP contribution in [0.1, 0.15) is 6.42 Å². The van der Waals surface area contributed by atoms with E-state index in [4.69, 9.17) is 21.7 Å². The highest BCUT2D eigenvalue weighted by Crippen LogP contribution is 1.93. The fourth-order valence-electron chi connectivity index (χ4n) is 0.475. The monoisotopic (exact) mass is 162 g/mol. The molecule has 0 aliphatic heterocycles.